The Balaban J connectivity index is 0.000000181. The molecule has 1 aliphatic heterocycles. The molecule has 0 radical (unpaired) electrons. The van der Waals surface area contributed by atoms with E-state index in [-0.39, 0.29) is 11.9 Å². The van der Waals surface area contributed by atoms with Crippen LogP contribution in [-0.2, 0) is 9.53 Å². The molecule has 0 aliphatic carbocycles. The Morgan fingerprint density at radius 3 is 2.29 bits per heavy atom. The minimum Gasteiger partial charge on any atom is -0.364 e. The fraction of sp³-hybridized carbons (Fsp3) is 0.462. The highest BCUT2D eigenvalue weighted by Gasteiger charge is 2.33. The molecule has 0 aromatic heterocycles. The Kier molecular flexibility index (Phi) is 5.15. The van der Waals surface area contributed by atoms with Gasteiger partial charge in [-0.05, 0) is 32.9 Å². The molecule has 1 aromatic carbocycles. The Bertz CT molecular complexity index is 365. The predicted molar refractivity (Wildman–Crippen MR) is 71.8 cm³/mol. The van der Waals surface area contributed by atoms with Crippen LogP contribution in [0.15, 0.2) is 34.8 Å². The minimum absolute atomic E-state index is 0.0220. The van der Waals surface area contributed by atoms with E-state index in [0.29, 0.717) is 6.61 Å². The van der Waals surface area contributed by atoms with Crippen LogP contribution < -0.4 is 5.32 Å². The van der Waals surface area contributed by atoms with Crippen LogP contribution in [0.3, 0.4) is 0 Å². The summed E-state index contributed by atoms with van der Waals surface area (Å²) in [7, 11) is 0. The molecule has 2 rings (SSSR count). The second-order valence-corrected chi connectivity index (χ2v) is 5.41. The second-order valence-electron chi connectivity index (χ2n) is 4.49. The van der Waals surface area contributed by atoms with E-state index in [1.807, 2.05) is 37.3 Å². The summed E-state index contributed by atoms with van der Waals surface area (Å²) < 4.78 is 6.41. The summed E-state index contributed by atoms with van der Waals surface area (Å²) in [6.07, 6.45) is 0. The number of carbonyl (C=O) groups excluding carboxylic acids is 1. The monoisotopic (exact) mass is 299 g/mol. The molecule has 17 heavy (non-hydrogen) atoms. The van der Waals surface area contributed by atoms with Gasteiger partial charge in [0.25, 0.3) is 5.91 Å². The van der Waals surface area contributed by atoms with Crippen molar-refractivity contribution in [3.05, 3.63) is 34.8 Å². The van der Waals surface area contributed by atoms with Gasteiger partial charge in [-0.15, -0.1) is 0 Å². The van der Waals surface area contributed by atoms with Gasteiger partial charge in [0.15, 0.2) is 0 Å². The molecular weight excluding hydrogens is 282 g/mol. The van der Waals surface area contributed by atoms with Crippen LogP contribution in [0.25, 0.3) is 0 Å². The van der Waals surface area contributed by atoms with E-state index in [2.05, 4.69) is 21.2 Å². The van der Waals surface area contributed by atoms with Gasteiger partial charge < -0.3 is 10.1 Å². The van der Waals surface area contributed by atoms with E-state index in [4.69, 9.17) is 4.74 Å². The van der Waals surface area contributed by atoms with Crippen molar-refractivity contribution in [3.63, 3.8) is 0 Å². The number of amides is 1. The SMILES string of the molecule is Brc1ccccc1.CC1COC(C)(C)C(=O)N1. The summed E-state index contributed by atoms with van der Waals surface area (Å²) in [4.78, 5) is 11.1. The summed E-state index contributed by atoms with van der Waals surface area (Å²) in [6, 6.07) is 10.1. The molecule has 1 atom stereocenters. The van der Waals surface area contributed by atoms with Crippen LogP contribution in [0.4, 0.5) is 0 Å². The zero-order chi connectivity index (χ0) is 12.9. The average molecular weight is 300 g/mol. The van der Waals surface area contributed by atoms with E-state index in [1.54, 1.807) is 13.8 Å². The summed E-state index contributed by atoms with van der Waals surface area (Å²) in [5.41, 5.74) is -0.632. The topological polar surface area (TPSA) is 38.3 Å². The van der Waals surface area contributed by atoms with Crippen LogP contribution in [0.5, 0.6) is 0 Å². The third kappa shape index (κ3) is 4.88. The third-order valence-corrected chi connectivity index (χ3v) is 2.88. The molecule has 0 bridgehead atoms. The van der Waals surface area contributed by atoms with Crippen molar-refractivity contribution in [1.82, 2.24) is 5.32 Å². The zero-order valence-electron chi connectivity index (χ0n) is 10.4. The molecule has 1 N–H and O–H groups in total. The zero-order valence-corrected chi connectivity index (χ0v) is 12.0. The Morgan fingerprint density at radius 1 is 1.35 bits per heavy atom. The molecule has 1 fully saturated rings. The lowest BCUT2D eigenvalue weighted by molar-refractivity contribution is -0.152. The lowest BCUT2D eigenvalue weighted by atomic mass is 10.1. The van der Waals surface area contributed by atoms with Gasteiger partial charge in [-0.25, -0.2) is 0 Å². The smallest absolute Gasteiger partial charge is 0.251 e. The van der Waals surface area contributed by atoms with Gasteiger partial charge in [0.05, 0.1) is 6.61 Å². The van der Waals surface area contributed by atoms with Gasteiger partial charge in [0.1, 0.15) is 5.60 Å². The van der Waals surface area contributed by atoms with Gasteiger partial charge in [0.2, 0.25) is 0 Å². The van der Waals surface area contributed by atoms with Crippen LogP contribution in [-0.4, -0.2) is 24.2 Å². The fourth-order valence-electron chi connectivity index (χ4n) is 1.25. The summed E-state index contributed by atoms with van der Waals surface area (Å²) in [6.45, 7) is 6.08. The predicted octanol–water partition coefficient (Wildman–Crippen LogP) is 2.75. The molecule has 1 aromatic rings. The summed E-state index contributed by atoms with van der Waals surface area (Å²) in [5.74, 6) is -0.0220. The highest BCUT2D eigenvalue weighted by atomic mass is 79.9. The molecule has 3 nitrogen and oxygen atoms in total. The second kappa shape index (κ2) is 6.17. The maximum atomic E-state index is 11.1. The number of benzene rings is 1. The number of carbonyl (C=O) groups is 1. The van der Waals surface area contributed by atoms with Crippen molar-refractivity contribution in [3.8, 4) is 0 Å². The number of rotatable bonds is 0. The first-order valence-electron chi connectivity index (χ1n) is 5.57. The Morgan fingerprint density at radius 2 is 1.94 bits per heavy atom. The Hall–Kier alpha value is -0.870. The largest absolute Gasteiger partial charge is 0.364 e. The fourth-order valence-corrected chi connectivity index (χ4v) is 1.56. The van der Waals surface area contributed by atoms with Crippen molar-refractivity contribution in [2.24, 2.45) is 0 Å². The average Bonchev–Trinajstić information content (AvgIpc) is 2.27. The normalized spacial score (nSPS) is 22.1. The number of hydrogen-bond donors (Lipinski definition) is 1. The molecule has 0 saturated carbocycles. The van der Waals surface area contributed by atoms with Crippen molar-refractivity contribution in [2.45, 2.75) is 32.4 Å². The first-order chi connectivity index (χ1) is 7.92. The molecule has 94 valence electrons. The van der Waals surface area contributed by atoms with Crippen LogP contribution in [0.2, 0.25) is 0 Å². The minimum atomic E-state index is -0.632. The number of hydrogen-bond acceptors (Lipinski definition) is 2. The van der Waals surface area contributed by atoms with Gasteiger partial charge in [-0.2, -0.15) is 0 Å². The lowest BCUT2D eigenvalue weighted by Gasteiger charge is -2.32. The van der Waals surface area contributed by atoms with Crippen LogP contribution in [0, 0.1) is 0 Å². The van der Waals surface area contributed by atoms with E-state index in [0.717, 1.165) is 4.47 Å². The maximum Gasteiger partial charge on any atom is 0.251 e. The molecule has 1 aliphatic rings. The Labute approximate surface area is 111 Å². The summed E-state index contributed by atoms with van der Waals surface area (Å²) in [5, 5.41) is 2.81. The molecule has 1 heterocycles. The molecule has 1 unspecified atom stereocenters. The van der Waals surface area contributed by atoms with E-state index in [9.17, 15) is 4.79 Å². The summed E-state index contributed by atoms with van der Waals surface area (Å²) >= 11 is 3.31. The third-order valence-electron chi connectivity index (χ3n) is 2.35. The van der Waals surface area contributed by atoms with E-state index < -0.39 is 5.60 Å². The number of nitrogens with one attached hydrogen (secondary N) is 1. The lowest BCUT2D eigenvalue weighted by Crippen LogP contribution is -2.55. The highest BCUT2D eigenvalue weighted by Crippen LogP contribution is 2.13. The molecule has 0 spiro atoms. The first kappa shape index (κ1) is 14.2. The number of ether oxygens (including phenoxy) is 1. The van der Waals surface area contributed by atoms with Gasteiger partial charge in [0, 0.05) is 10.5 Å². The molecule has 4 heteroatoms. The van der Waals surface area contributed by atoms with Crippen molar-refractivity contribution in [1.29, 1.82) is 0 Å². The van der Waals surface area contributed by atoms with Crippen molar-refractivity contribution < 1.29 is 9.53 Å². The van der Waals surface area contributed by atoms with Crippen LogP contribution in [0.1, 0.15) is 20.8 Å². The van der Waals surface area contributed by atoms with Gasteiger partial charge in [-0.3, -0.25) is 4.79 Å². The maximum absolute atomic E-state index is 11.1. The van der Waals surface area contributed by atoms with Gasteiger partial charge in [-0.1, -0.05) is 34.1 Å². The van der Waals surface area contributed by atoms with Crippen molar-refractivity contribution >= 4 is 21.8 Å². The quantitative estimate of drug-likeness (QED) is 0.800. The van der Waals surface area contributed by atoms with E-state index in [1.165, 1.54) is 0 Å². The van der Waals surface area contributed by atoms with Crippen LogP contribution >= 0.6 is 15.9 Å². The first-order valence-corrected chi connectivity index (χ1v) is 6.36. The highest BCUT2D eigenvalue weighted by molar-refractivity contribution is 9.10. The van der Waals surface area contributed by atoms with Crippen molar-refractivity contribution in [2.75, 3.05) is 6.61 Å². The van der Waals surface area contributed by atoms with E-state index >= 15 is 0 Å². The number of morpholine rings is 1. The standard InChI is InChI=1S/C7H13NO2.C6H5Br/c1-5-4-10-7(2,3)6(9)8-5;7-6-4-2-1-3-5-6/h5H,4H2,1-3H3,(H,8,9);1-5H. The molecule has 1 saturated heterocycles. The van der Waals surface area contributed by atoms with Gasteiger partial charge >= 0.3 is 0 Å². The number of halogens is 1. The molecular formula is C13H18BrNO2. The molecule has 1 amide bonds.